The molecule has 0 aromatic rings. The fraction of sp³-hybridized carbons (Fsp3) is 0.647. The van der Waals surface area contributed by atoms with E-state index in [9.17, 15) is 18.4 Å². The van der Waals surface area contributed by atoms with Gasteiger partial charge in [-0.15, -0.1) is 0 Å². The van der Waals surface area contributed by atoms with Crippen molar-refractivity contribution in [3.05, 3.63) is 24.3 Å². The lowest BCUT2D eigenvalue weighted by atomic mass is 9.91. The minimum Gasteiger partial charge on any atom is -0.299 e. The van der Waals surface area contributed by atoms with Gasteiger partial charge in [0.15, 0.2) is 0 Å². The van der Waals surface area contributed by atoms with Gasteiger partial charge in [0.05, 0.1) is 0 Å². The second-order valence-electron chi connectivity index (χ2n) is 5.61. The van der Waals surface area contributed by atoms with Gasteiger partial charge in [-0.3, -0.25) is 9.59 Å². The number of carbonyl (C=O) groups excluding carboxylic acids is 2. The number of hydrogen-bond acceptors (Lipinski definition) is 2. The summed E-state index contributed by atoms with van der Waals surface area (Å²) in [5.41, 5.74) is 0. The van der Waals surface area contributed by atoms with E-state index in [2.05, 4.69) is 0 Å². The lowest BCUT2D eigenvalue weighted by Crippen LogP contribution is -2.27. The van der Waals surface area contributed by atoms with Gasteiger partial charge >= 0.3 is 5.92 Å². The highest BCUT2D eigenvalue weighted by atomic mass is 19.3. The van der Waals surface area contributed by atoms with Crippen LogP contribution >= 0.6 is 0 Å². The van der Waals surface area contributed by atoms with Crippen molar-refractivity contribution in [1.29, 1.82) is 0 Å². The molecule has 0 saturated heterocycles. The first-order valence-electron chi connectivity index (χ1n) is 7.66. The number of carbonyl (C=O) groups is 2. The molecule has 0 aliphatic heterocycles. The van der Waals surface area contributed by atoms with Crippen molar-refractivity contribution in [1.82, 2.24) is 0 Å². The van der Waals surface area contributed by atoms with Gasteiger partial charge < -0.3 is 0 Å². The Balaban J connectivity index is 2.65. The summed E-state index contributed by atoms with van der Waals surface area (Å²) in [6, 6.07) is 0. The average Bonchev–Trinajstić information content (AvgIpc) is 2.80. The molecule has 2 nitrogen and oxygen atoms in total. The smallest absolute Gasteiger partial charge is 0.299 e. The molecule has 1 aliphatic carbocycles. The zero-order valence-electron chi connectivity index (χ0n) is 12.8. The minimum atomic E-state index is -3.28. The molecule has 0 N–H and O–H groups in total. The Morgan fingerprint density at radius 2 is 2.14 bits per heavy atom. The molecule has 0 spiro atoms. The maximum absolute atomic E-state index is 13.6. The Morgan fingerprint density at radius 3 is 2.76 bits per heavy atom. The van der Waals surface area contributed by atoms with E-state index >= 15 is 0 Å². The van der Waals surface area contributed by atoms with E-state index < -0.39 is 18.1 Å². The molecule has 1 unspecified atom stereocenters. The van der Waals surface area contributed by atoms with Crippen LogP contribution in [0.4, 0.5) is 8.78 Å². The van der Waals surface area contributed by atoms with Crippen LogP contribution in [0, 0.1) is 11.8 Å². The highest BCUT2D eigenvalue weighted by Crippen LogP contribution is 2.33. The van der Waals surface area contributed by atoms with Crippen LogP contribution < -0.4 is 0 Å². The van der Waals surface area contributed by atoms with Crippen LogP contribution in [0.5, 0.6) is 0 Å². The van der Waals surface area contributed by atoms with E-state index in [-0.39, 0.29) is 17.6 Å². The van der Waals surface area contributed by atoms with Gasteiger partial charge in [0.25, 0.3) is 0 Å². The standard InChI is InChI=1S/C17H24F2O2/c1-3-5-7-14-13(8-10-15(14)20)9-11-16(21)17(18,19)12-6-4-2/h3,5,9,11,13-14H,4,6-8,10,12H2,1-2H3/b5-3-,11-9+/t13-,14?/m1/s1. The summed E-state index contributed by atoms with van der Waals surface area (Å²) < 4.78 is 27.2. The Hall–Kier alpha value is -1.32. The van der Waals surface area contributed by atoms with Crippen molar-refractivity contribution in [3.8, 4) is 0 Å². The third-order valence-corrected chi connectivity index (χ3v) is 3.98. The van der Waals surface area contributed by atoms with Crippen LogP contribution in [0.3, 0.4) is 0 Å². The monoisotopic (exact) mass is 298 g/mol. The van der Waals surface area contributed by atoms with Crippen molar-refractivity contribution in [3.63, 3.8) is 0 Å². The number of allylic oxidation sites excluding steroid dienone is 4. The molecule has 1 rings (SSSR count). The third-order valence-electron chi connectivity index (χ3n) is 3.98. The molecule has 0 bridgehead atoms. The molecule has 0 radical (unpaired) electrons. The summed E-state index contributed by atoms with van der Waals surface area (Å²) in [6.07, 6.45) is 8.57. The Bertz CT molecular complexity index is 425. The number of alkyl halides is 2. The predicted octanol–water partition coefficient (Wildman–Crippen LogP) is 4.50. The van der Waals surface area contributed by atoms with E-state index in [0.717, 1.165) is 6.08 Å². The number of hydrogen-bond donors (Lipinski definition) is 0. The molecule has 0 amide bonds. The molecule has 0 aromatic carbocycles. The number of ketones is 2. The van der Waals surface area contributed by atoms with E-state index in [0.29, 0.717) is 32.1 Å². The zero-order chi connectivity index (χ0) is 15.9. The summed E-state index contributed by atoms with van der Waals surface area (Å²) in [4.78, 5) is 23.4. The lowest BCUT2D eigenvalue weighted by molar-refractivity contribution is -0.138. The van der Waals surface area contributed by atoms with Gasteiger partial charge in [-0.25, -0.2) is 0 Å². The van der Waals surface area contributed by atoms with Gasteiger partial charge in [-0.1, -0.05) is 31.6 Å². The number of halogens is 2. The lowest BCUT2D eigenvalue weighted by Gasteiger charge is -2.14. The first kappa shape index (κ1) is 17.7. The molecular formula is C17H24F2O2. The van der Waals surface area contributed by atoms with Crippen LogP contribution in [0.25, 0.3) is 0 Å². The maximum Gasteiger partial charge on any atom is 0.309 e. The van der Waals surface area contributed by atoms with Crippen molar-refractivity contribution in [2.75, 3.05) is 0 Å². The van der Waals surface area contributed by atoms with Crippen molar-refractivity contribution < 1.29 is 18.4 Å². The van der Waals surface area contributed by atoms with Gasteiger partial charge in [0.2, 0.25) is 5.78 Å². The predicted molar refractivity (Wildman–Crippen MR) is 79.3 cm³/mol. The molecular weight excluding hydrogens is 274 g/mol. The number of Topliss-reactive ketones (excluding diaryl/α,β-unsaturated/α-hetero) is 1. The summed E-state index contributed by atoms with van der Waals surface area (Å²) in [5, 5.41) is 0. The summed E-state index contributed by atoms with van der Waals surface area (Å²) in [6.45, 7) is 3.69. The maximum atomic E-state index is 13.6. The van der Waals surface area contributed by atoms with Crippen LogP contribution in [0.2, 0.25) is 0 Å². The van der Waals surface area contributed by atoms with E-state index in [1.807, 2.05) is 26.0 Å². The number of rotatable bonds is 8. The molecule has 1 aliphatic rings. The van der Waals surface area contributed by atoms with Crippen molar-refractivity contribution in [2.24, 2.45) is 11.8 Å². The first-order chi connectivity index (χ1) is 9.92. The van der Waals surface area contributed by atoms with Gasteiger partial charge in [0.1, 0.15) is 5.78 Å². The van der Waals surface area contributed by atoms with Gasteiger partial charge in [-0.05, 0) is 38.2 Å². The van der Waals surface area contributed by atoms with E-state index in [4.69, 9.17) is 0 Å². The SMILES string of the molecule is C/C=C\CC1C(=O)CC[C@@H]1/C=C/C(=O)C(F)(F)CCCC. The zero-order valence-corrected chi connectivity index (χ0v) is 12.8. The fourth-order valence-electron chi connectivity index (χ4n) is 2.61. The fourth-order valence-corrected chi connectivity index (χ4v) is 2.61. The molecule has 4 heteroatoms. The average molecular weight is 298 g/mol. The van der Waals surface area contributed by atoms with Crippen molar-refractivity contribution >= 4 is 11.6 Å². The normalized spacial score (nSPS) is 23.5. The summed E-state index contributed by atoms with van der Waals surface area (Å²) in [7, 11) is 0. The van der Waals surface area contributed by atoms with Crippen LogP contribution in [-0.4, -0.2) is 17.5 Å². The van der Waals surface area contributed by atoms with Gasteiger partial charge in [0, 0.05) is 18.8 Å². The van der Waals surface area contributed by atoms with E-state index in [1.165, 1.54) is 6.08 Å². The third kappa shape index (κ3) is 5.18. The Morgan fingerprint density at radius 1 is 1.43 bits per heavy atom. The first-order valence-corrected chi connectivity index (χ1v) is 7.66. The van der Waals surface area contributed by atoms with Crippen LogP contribution in [0.1, 0.15) is 52.4 Å². The largest absolute Gasteiger partial charge is 0.309 e. The quantitative estimate of drug-likeness (QED) is 0.488. The van der Waals surface area contributed by atoms with E-state index in [1.54, 1.807) is 0 Å². The highest BCUT2D eigenvalue weighted by molar-refractivity contribution is 5.95. The topological polar surface area (TPSA) is 34.1 Å². The second kappa shape index (κ2) is 8.20. The number of unbranched alkanes of at least 4 members (excludes halogenated alkanes) is 1. The molecule has 0 aromatic heterocycles. The van der Waals surface area contributed by atoms with Crippen molar-refractivity contribution in [2.45, 2.75) is 58.3 Å². The van der Waals surface area contributed by atoms with Crippen LogP contribution in [-0.2, 0) is 9.59 Å². The Kier molecular flexibility index (Phi) is 6.93. The molecule has 2 atom stereocenters. The summed E-state index contributed by atoms with van der Waals surface area (Å²) >= 11 is 0. The van der Waals surface area contributed by atoms with Crippen LogP contribution in [0.15, 0.2) is 24.3 Å². The minimum absolute atomic E-state index is 0.0976. The molecule has 1 saturated carbocycles. The van der Waals surface area contributed by atoms with Gasteiger partial charge in [-0.2, -0.15) is 8.78 Å². The molecule has 118 valence electrons. The summed E-state index contributed by atoms with van der Waals surface area (Å²) in [5.74, 6) is -4.53. The Labute approximate surface area is 125 Å². The molecule has 1 fully saturated rings. The second-order valence-corrected chi connectivity index (χ2v) is 5.61. The molecule has 21 heavy (non-hydrogen) atoms. The highest BCUT2D eigenvalue weighted by Gasteiger charge is 2.37. The molecule has 0 heterocycles.